The van der Waals surface area contributed by atoms with Crippen LogP contribution in [-0.2, 0) is 11.3 Å². The number of nitrogens with one attached hydrogen (secondary N) is 1. The zero-order valence-corrected chi connectivity index (χ0v) is 17.8. The molecule has 1 N–H and O–H groups in total. The highest BCUT2D eigenvalue weighted by Gasteiger charge is 2.25. The monoisotopic (exact) mass is 439 g/mol. The summed E-state index contributed by atoms with van der Waals surface area (Å²) in [6.45, 7) is 3.45. The number of amides is 3. The number of aromatic nitrogens is 2. The third kappa shape index (κ3) is 4.54. The van der Waals surface area contributed by atoms with Crippen LogP contribution >= 0.6 is 11.6 Å². The molecule has 0 saturated carbocycles. The molecule has 2 aromatic carbocycles. The number of fused-ring (bicyclic) bond motifs is 1. The second kappa shape index (κ2) is 8.77. The van der Waals surface area contributed by atoms with Gasteiger partial charge in [0.25, 0.3) is 5.56 Å². The van der Waals surface area contributed by atoms with Gasteiger partial charge in [0.1, 0.15) is 6.54 Å². The molecule has 0 aliphatic carbocycles. The summed E-state index contributed by atoms with van der Waals surface area (Å²) in [5.41, 5.74) is 2.53. The van der Waals surface area contributed by atoms with E-state index in [0.29, 0.717) is 47.9 Å². The van der Waals surface area contributed by atoms with Gasteiger partial charge in [-0.3, -0.25) is 14.2 Å². The molecular weight excluding hydrogens is 418 g/mol. The van der Waals surface area contributed by atoms with Crippen molar-refractivity contribution in [1.82, 2.24) is 19.4 Å². The molecule has 4 rings (SSSR count). The first-order chi connectivity index (χ1) is 14.9. The van der Waals surface area contributed by atoms with Crippen LogP contribution in [0.5, 0.6) is 0 Å². The Bertz CT molecular complexity index is 1200. The molecule has 31 heavy (non-hydrogen) atoms. The van der Waals surface area contributed by atoms with E-state index in [1.54, 1.807) is 34.1 Å². The fourth-order valence-corrected chi connectivity index (χ4v) is 3.73. The van der Waals surface area contributed by atoms with Gasteiger partial charge in [0, 0.05) is 36.9 Å². The Kier molecular flexibility index (Phi) is 5.90. The van der Waals surface area contributed by atoms with Crippen LogP contribution in [0, 0.1) is 6.92 Å². The lowest BCUT2D eigenvalue weighted by atomic mass is 10.2. The molecule has 1 aliphatic rings. The Labute approximate surface area is 184 Å². The first kappa shape index (κ1) is 20.9. The number of carbonyl (C=O) groups excluding carboxylic acids is 2. The minimum Gasteiger partial charge on any atom is -0.338 e. The van der Waals surface area contributed by atoms with Crippen molar-refractivity contribution in [3.05, 3.63) is 69.6 Å². The molecule has 1 saturated heterocycles. The summed E-state index contributed by atoms with van der Waals surface area (Å²) in [6, 6.07) is 12.3. The Morgan fingerprint density at radius 1 is 1.06 bits per heavy atom. The van der Waals surface area contributed by atoms with Gasteiger partial charge in [-0.25, -0.2) is 9.78 Å². The standard InChI is InChI=1S/C22H22ClN5O3/c1-15-6-7-16(12-17(15)23)25-22(31)27-10-8-26(9-11-27)21(30)14-28-19-5-3-2-4-18(19)24-13-20(28)29/h2-7,12-13H,8-11,14H2,1H3,(H,25,31). The van der Waals surface area contributed by atoms with E-state index in [9.17, 15) is 14.4 Å². The summed E-state index contributed by atoms with van der Waals surface area (Å²) >= 11 is 6.11. The maximum Gasteiger partial charge on any atom is 0.321 e. The number of hydrogen-bond acceptors (Lipinski definition) is 4. The topological polar surface area (TPSA) is 87.5 Å². The SMILES string of the molecule is Cc1ccc(NC(=O)N2CCN(C(=O)Cn3c(=O)cnc4ccccc43)CC2)cc1Cl. The molecule has 1 aliphatic heterocycles. The van der Waals surface area contributed by atoms with E-state index in [0.717, 1.165) is 5.56 Å². The average Bonchev–Trinajstić information content (AvgIpc) is 2.78. The van der Waals surface area contributed by atoms with Crippen LogP contribution in [0.25, 0.3) is 11.0 Å². The molecule has 0 unspecified atom stereocenters. The van der Waals surface area contributed by atoms with Crippen molar-refractivity contribution < 1.29 is 9.59 Å². The Balaban J connectivity index is 1.37. The Hall–Kier alpha value is -3.39. The lowest BCUT2D eigenvalue weighted by Crippen LogP contribution is -2.52. The van der Waals surface area contributed by atoms with Crippen LogP contribution in [0.2, 0.25) is 5.02 Å². The predicted octanol–water partition coefficient (Wildman–Crippen LogP) is 2.73. The van der Waals surface area contributed by atoms with Crippen molar-refractivity contribution in [3.63, 3.8) is 0 Å². The molecule has 9 heteroatoms. The lowest BCUT2D eigenvalue weighted by Gasteiger charge is -2.34. The largest absolute Gasteiger partial charge is 0.338 e. The quantitative estimate of drug-likeness (QED) is 0.679. The van der Waals surface area contributed by atoms with Gasteiger partial charge in [-0.1, -0.05) is 29.8 Å². The second-order valence-corrected chi connectivity index (χ2v) is 7.84. The highest BCUT2D eigenvalue weighted by Crippen LogP contribution is 2.20. The molecule has 0 spiro atoms. The van der Waals surface area contributed by atoms with E-state index >= 15 is 0 Å². The van der Waals surface area contributed by atoms with Crippen molar-refractivity contribution in [2.24, 2.45) is 0 Å². The van der Waals surface area contributed by atoms with Crippen LogP contribution < -0.4 is 10.9 Å². The normalized spacial score (nSPS) is 14.0. The number of rotatable bonds is 3. The number of halogens is 1. The van der Waals surface area contributed by atoms with Crippen molar-refractivity contribution in [3.8, 4) is 0 Å². The average molecular weight is 440 g/mol. The molecular formula is C22H22ClN5O3. The molecule has 0 bridgehead atoms. The molecule has 160 valence electrons. The smallest absolute Gasteiger partial charge is 0.321 e. The first-order valence-corrected chi connectivity index (χ1v) is 10.3. The summed E-state index contributed by atoms with van der Waals surface area (Å²) < 4.78 is 1.44. The van der Waals surface area contributed by atoms with E-state index in [1.165, 1.54) is 10.8 Å². The van der Waals surface area contributed by atoms with Gasteiger partial charge in [-0.2, -0.15) is 0 Å². The molecule has 2 heterocycles. The van der Waals surface area contributed by atoms with Crippen molar-refractivity contribution in [2.75, 3.05) is 31.5 Å². The Morgan fingerprint density at radius 3 is 2.52 bits per heavy atom. The lowest BCUT2D eigenvalue weighted by molar-refractivity contribution is -0.133. The van der Waals surface area contributed by atoms with Gasteiger partial charge >= 0.3 is 6.03 Å². The third-order valence-electron chi connectivity index (χ3n) is 5.39. The maximum atomic E-state index is 12.8. The summed E-state index contributed by atoms with van der Waals surface area (Å²) in [5, 5.41) is 3.43. The minimum absolute atomic E-state index is 0.0596. The summed E-state index contributed by atoms with van der Waals surface area (Å²) in [6.07, 6.45) is 1.23. The van der Waals surface area contributed by atoms with Gasteiger partial charge in [0.05, 0.1) is 17.2 Å². The van der Waals surface area contributed by atoms with Crippen LogP contribution in [0.1, 0.15) is 5.56 Å². The zero-order chi connectivity index (χ0) is 22.0. The van der Waals surface area contributed by atoms with Crippen molar-refractivity contribution in [1.29, 1.82) is 0 Å². The number of nitrogens with zero attached hydrogens (tertiary/aromatic N) is 4. The molecule has 0 radical (unpaired) electrons. The molecule has 8 nitrogen and oxygen atoms in total. The number of benzene rings is 2. The van der Waals surface area contributed by atoms with E-state index in [4.69, 9.17) is 11.6 Å². The second-order valence-electron chi connectivity index (χ2n) is 7.43. The highest BCUT2D eigenvalue weighted by atomic mass is 35.5. The summed E-state index contributed by atoms with van der Waals surface area (Å²) in [7, 11) is 0. The van der Waals surface area contributed by atoms with Gasteiger partial charge in [-0.05, 0) is 36.8 Å². The van der Waals surface area contributed by atoms with Crippen LogP contribution in [0.3, 0.4) is 0 Å². The fraction of sp³-hybridized carbons (Fsp3) is 0.273. The van der Waals surface area contributed by atoms with Crippen molar-refractivity contribution >= 4 is 40.3 Å². The molecule has 1 aromatic heterocycles. The van der Waals surface area contributed by atoms with Gasteiger partial charge in [-0.15, -0.1) is 0 Å². The predicted molar refractivity (Wildman–Crippen MR) is 119 cm³/mol. The highest BCUT2D eigenvalue weighted by molar-refractivity contribution is 6.31. The summed E-state index contributed by atoms with van der Waals surface area (Å²) in [4.78, 5) is 45.1. The summed E-state index contributed by atoms with van der Waals surface area (Å²) in [5.74, 6) is -0.163. The number of piperazine rings is 1. The van der Waals surface area contributed by atoms with Crippen molar-refractivity contribution in [2.45, 2.75) is 13.5 Å². The number of para-hydroxylation sites is 2. The third-order valence-corrected chi connectivity index (χ3v) is 5.80. The van der Waals surface area contributed by atoms with Gasteiger partial charge in [0.15, 0.2) is 0 Å². The minimum atomic E-state index is -0.318. The number of hydrogen-bond donors (Lipinski definition) is 1. The van der Waals surface area contributed by atoms with Crippen LogP contribution in [0.4, 0.5) is 10.5 Å². The van der Waals surface area contributed by atoms with E-state index in [1.807, 2.05) is 25.1 Å². The zero-order valence-electron chi connectivity index (χ0n) is 17.0. The number of anilines is 1. The van der Waals surface area contributed by atoms with Gasteiger partial charge < -0.3 is 15.1 Å². The number of aryl methyl sites for hydroxylation is 1. The molecule has 3 aromatic rings. The number of carbonyl (C=O) groups is 2. The van der Waals surface area contributed by atoms with Crippen LogP contribution in [-0.4, -0.2) is 57.5 Å². The maximum absolute atomic E-state index is 12.8. The van der Waals surface area contributed by atoms with E-state index in [2.05, 4.69) is 10.3 Å². The van der Waals surface area contributed by atoms with Crippen LogP contribution in [0.15, 0.2) is 53.5 Å². The first-order valence-electron chi connectivity index (χ1n) is 9.97. The fourth-order valence-electron chi connectivity index (χ4n) is 3.55. The van der Waals surface area contributed by atoms with E-state index in [-0.39, 0.29) is 24.0 Å². The molecule has 3 amide bonds. The Morgan fingerprint density at radius 2 is 1.77 bits per heavy atom. The van der Waals surface area contributed by atoms with E-state index < -0.39 is 0 Å². The molecule has 0 atom stereocenters. The number of urea groups is 1. The van der Waals surface area contributed by atoms with Gasteiger partial charge in [0.2, 0.25) is 5.91 Å². The molecule has 1 fully saturated rings.